The SMILES string of the molecule is CN1CCCC(OC(=O)c2cccc(S(=O)(=O)Nc3ccc(Br)cc3)c2)C1.Cl. The van der Waals surface area contributed by atoms with E-state index in [0.29, 0.717) is 12.2 Å². The summed E-state index contributed by atoms with van der Waals surface area (Å²) in [6.45, 7) is 1.68. The van der Waals surface area contributed by atoms with Crippen LogP contribution in [-0.4, -0.2) is 45.5 Å². The number of carbonyl (C=O) groups excluding carboxylic acids is 1. The number of nitrogens with zero attached hydrogens (tertiary/aromatic N) is 1. The van der Waals surface area contributed by atoms with Gasteiger partial charge < -0.3 is 9.64 Å². The van der Waals surface area contributed by atoms with Crippen LogP contribution in [0.5, 0.6) is 0 Å². The predicted molar refractivity (Wildman–Crippen MR) is 115 cm³/mol. The summed E-state index contributed by atoms with van der Waals surface area (Å²) < 4.78 is 34.1. The molecule has 1 aliphatic rings. The minimum atomic E-state index is -3.81. The lowest BCUT2D eigenvalue weighted by Gasteiger charge is -2.29. The van der Waals surface area contributed by atoms with Gasteiger partial charge in [0.2, 0.25) is 0 Å². The molecular formula is C19H22BrClN2O4S. The summed E-state index contributed by atoms with van der Waals surface area (Å²) in [5.41, 5.74) is 0.665. The molecule has 1 N–H and O–H groups in total. The third-order valence-corrected chi connectivity index (χ3v) is 6.24. The number of halogens is 2. The number of nitrogens with one attached hydrogen (secondary N) is 1. The van der Waals surface area contributed by atoms with Gasteiger partial charge in [-0.25, -0.2) is 13.2 Å². The zero-order valence-corrected chi connectivity index (χ0v) is 18.5. The number of hydrogen-bond acceptors (Lipinski definition) is 5. The monoisotopic (exact) mass is 488 g/mol. The van der Waals surface area contributed by atoms with Crippen molar-refractivity contribution in [3.05, 3.63) is 58.6 Å². The van der Waals surface area contributed by atoms with Gasteiger partial charge in [-0.3, -0.25) is 4.72 Å². The molecule has 0 radical (unpaired) electrons. The predicted octanol–water partition coefficient (Wildman–Crippen LogP) is 3.92. The standard InChI is InChI=1S/C19H21BrN2O4S.ClH/c1-22-11-3-5-17(13-22)26-19(23)14-4-2-6-18(12-14)27(24,25)21-16-9-7-15(20)8-10-16;/h2,4,6-10,12,17,21H,3,5,11,13H2,1H3;1H. The van der Waals surface area contributed by atoms with E-state index in [-0.39, 0.29) is 29.0 Å². The first-order valence-electron chi connectivity index (χ1n) is 8.61. The van der Waals surface area contributed by atoms with Crippen LogP contribution < -0.4 is 4.72 Å². The molecule has 152 valence electrons. The number of ether oxygens (including phenoxy) is 1. The molecule has 1 aliphatic heterocycles. The zero-order chi connectivity index (χ0) is 19.4. The van der Waals surface area contributed by atoms with Gasteiger partial charge in [-0.05, 0) is 68.9 Å². The second-order valence-electron chi connectivity index (χ2n) is 6.57. The summed E-state index contributed by atoms with van der Waals surface area (Å²) in [4.78, 5) is 14.6. The van der Waals surface area contributed by atoms with Crippen LogP contribution in [0, 0.1) is 0 Å². The largest absolute Gasteiger partial charge is 0.457 e. The summed E-state index contributed by atoms with van der Waals surface area (Å²) in [7, 11) is -1.82. The van der Waals surface area contributed by atoms with Crippen LogP contribution in [0.1, 0.15) is 23.2 Å². The molecule has 1 atom stereocenters. The van der Waals surface area contributed by atoms with Crippen molar-refractivity contribution in [2.75, 3.05) is 24.9 Å². The summed E-state index contributed by atoms with van der Waals surface area (Å²) in [6.07, 6.45) is 1.62. The highest BCUT2D eigenvalue weighted by atomic mass is 79.9. The maximum Gasteiger partial charge on any atom is 0.338 e. The van der Waals surface area contributed by atoms with E-state index in [4.69, 9.17) is 4.74 Å². The quantitative estimate of drug-likeness (QED) is 0.644. The fourth-order valence-electron chi connectivity index (χ4n) is 2.96. The summed E-state index contributed by atoms with van der Waals surface area (Å²) in [5.74, 6) is -0.504. The molecule has 6 nitrogen and oxygen atoms in total. The molecule has 2 aromatic rings. The van der Waals surface area contributed by atoms with Crippen molar-refractivity contribution in [1.29, 1.82) is 0 Å². The fraction of sp³-hybridized carbons (Fsp3) is 0.316. The molecule has 2 aromatic carbocycles. The van der Waals surface area contributed by atoms with E-state index in [1.165, 1.54) is 12.1 Å². The number of hydrogen-bond donors (Lipinski definition) is 1. The molecule has 0 aliphatic carbocycles. The number of piperidine rings is 1. The fourth-order valence-corrected chi connectivity index (χ4v) is 4.33. The van der Waals surface area contributed by atoms with Gasteiger partial charge in [0, 0.05) is 16.7 Å². The molecule has 1 fully saturated rings. The number of esters is 1. The number of anilines is 1. The Morgan fingerprint density at radius 1 is 1.21 bits per heavy atom. The molecule has 1 unspecified atom stereocenters. The number of likely N-dealkylation sites (tertiary alicyclic amines) is 1. The lowest BCUT2D eigenvalue weighted by molar-refractivity contribution is 0.0108. The Kier molecular flexibility index (Phi) is 7.88. The molecule has 0 spiro atoms. The van der Waals surface area contributed by atoms with Crippen molar-refractivity contribution >= 4 is 50.0 Å². The van der Waals surface area contributed by atoms with Crippen molar-refractivity contribution in [1.82, 2.24) is 4.90 Å². The Labute approximate surface area is 179 Å². The molecule has 0 aromatic heterocycles. The molecule has 0 saturated carbocycles. The normalized spacial score (nSPS) is 17.4. The Morgan fingerprint density at radius 3 is 2.61 bits per heavy atom. The van der Waals surface area contributed by atoms with Gasteiger partial charge in [0.1, 0.15) is 6.10 Å². The van der Waals surface area contributed by atoms with E-state index in [1.54, 1.807) is 36.4 Å². The first-order valence-corrected chi connectivity index (χ1v) is 10.9. The van der Waals surface area contributed by atoms with Crippen LogP contribution in [0.4, 0.5) is 5.69 Å². The maximum atomic E-state index is 12.6. The minimum absolute atomic E-state index is 0. The number of rotatable bonds is 5. The molecule has 3 rings (SSSR count). The van der Waals surface area contributed by atoms with Crippen molar-refractivity contribution < 1.29 is 17.9 Å². The van der Waals surface area contributed by atoms with Crippen LogP contribution in [0.15, 0.2) is 57.9 Å². The molecule has 0 amide bonds. The average molecular weight is 490 g/mol. The first-order chi connectivity index (χ1) is 12.8. The van der Waals surface area contributed by atoms with Crippen LogP contribution >= 0.6 is 28.3 Å². The van der Waals surface area contributed by atoms with Crippen LogP contribution in [0.25, 0.3) is 0 Å². The van der Waals surface area contributed by atoms with Crippen LogP contribution in [0.3, 0.4) is 0 Å². The Bertz CT molecular complexity index is 922. The Morgan fingerprint density at radius 2 is 1.93 bits per heavy atom. The smallest absolute Gasteiger partial charge is 0.338 e. The Hall–Kier alpha value is -1.61. The number of sulfonamides is 1. The van der Waals surface area contributed by atoms with E-state index in [2.05, 4.69) is 25.6 Å². The van der Waals surface area contributed by atoms with Gasteiger partial charge in [0.25, 0.3) is 10.0 Å². The van der Waals surface area contributed by atoms with E-state index in [1.807, 2.05) is 7.05 Å². The number of benzene rings is 2. The van der Waals surface area contributed by atoms with E-state index < -0.39 is 16.0 Å². The van der Waals surface area contributed by atoms with Crippen molar-refractivity contribution in [2.24, 2.45) is 0 Å². The Balaban J connectivity index is 0.00000280. The molecule has 28 heavy (non-hydrogen) atoms. The zero-order valence-electron chi connectivity index (χ0n) is 15.3. The minimum Gasteiger partial charge on any atom is -0.457 e. The lowest BCUT2D eigenvalue weighted by atomic mass is 10.1. The van der Waals surface area contributed by atoms with Gasteiger partial charge in [-0.2, -0.15) is 0 Å². The number of carbonyl (C=O) groups is 1. The first kappa shape index (κ1) is 22.7. The van der Waals surface area contributed by atoms with Crippen molar-refractivity contribution in [3.8, 4) is 0 Å². The van der Waals surface area contributed by atoms with Crippen LogP contribution in [-0.2, 0) is 14.8 Å². The molecule has 1 saturated heterocycles. The summed E-state index contributed by atoms with van der Waals surface area (Å²) in [5, 5.41) is 0. The van der Waals surface area contributed by atoms with Crippen molar-refractivity contribution in [2.45, 2.75) is 23.8 Å². The molecular weight excluding hydrogens is 468 g/mol. The second kappa shape index (κ2) is 9.73. The third-order valence-electron chi connectivity index (χ3n) is 4.33. The van der Waals surface area contributed by atoms with Gasteiger partial charge in [0.05, 0.1) is 10.5 Å². The molecule has 0 bridgehead atoms. The highest BCUT2D eigenvalue weighted by molar-refractivity contribution is 9.10. The highest BCUT2D eigenvalue weighted by Gasteiger charge is 2.23. The average Bonchev–Trinajstić information content (AvgIpc) is 2.63. The summed E-state index contributed by atoms with van der Waals surface area (Å²) >= 11 is 3.31. The third kappa shape index (κ3) is 5.94. The molecule has 9 heteroatoms. The van der Waals surface area contributed by atoms with Gasteiger partial charge in [-0.1, -0.05) is 22.0 Å². The van der Waals surface area contributed by atoms with E-state index in [0.717, 1.165) is 23.9 Å². The number of likely N-dealkylation sites (N-methyl/N-ethyl adjacent to an activating group) is 1. The van der Waals surface area contributed by atoms with Gasteiger partial charge >= 0.3 is 5.97 Å². The highest BCUT2D eigenvalue weighted by Crippen LogP contribution is 2.20. The van der Waals surface area contributed by atoms with Gasteiger partial charge in [0.15, 0.2) is 0 Å². The lowest BCUT2D eigenvalue weighted by Crippen LogP contribution is -2.38. The topological polar surface area (TPSA) is 75.7 Å². The van der Waals surface area contributed by atoms with Crippen molar-refractivity contribution in [3.63, 3.8) is 0 Å². The maximum absolute atomic E-state index is 12.6. The van der Waals surface area contributed by atoms with Crippen LogP contribution in [0.2, 0.25) is 0 Å². The van der Waals surface area contributed by atoms with Gasteiger partial charge in [-0.15, -0.1) is 12.4 Å². The van der Waals surface area contributed by atoms with E-state index >= 15 is 0 Å². The second-order valence-corrected chi connectivity index (χ2v) is 9.17. The van der Waals surface area contributed by atoms with E-state index in [9.17, 15) is 13.2 Å². The summed E-state index contributed by atoms with van der Waals surface area (Å²) in [6, 6.07) is 12.7. The molecule has 1 heterocycles.